The van der Waals surface area contributed by atoms with Gasteiger partial charge < -0.3 is 24.8 Å². The van der Waals surface area contributed by atoms with Crippen LogP contribution in [0.3, 0.4) is 0 Å². The van der Waals surface area contributed by atoms with Crippen LogP contribution in [-0.4, -0.2) is 60.6 Å². The fourth-order valence-corrected chi connectivity index (χ4v) is 3.62. The van der Waals surface area contributed by atoms with E-state index in [-0.39, 0.29) is 37.3 Å². The fourth-order valence-electron chi connectivity index (χ4n) is 3.62. The second-order valence-electron chi connectivity index (χ2n) is 7.76. The van der Waals surface area contributed by atoms with Crippen LogP contribution in [0.5, 0.6) is 5.75 Å². The van der Waals surface area contributed by atoms with Gasteiger partial charge in [-0.15, -0.1) is 0 Å². The predicted molar refractivity (Wildman–Crippen MR) is 118 cm³/mol. The number of hydrogen-bond acceptors (Lipinski definition) is 6. The monoisotopic (exact) mass is 442 g/mol. The summed E-state index contributed by atoms with van der Waals surface area (Å²) in [5.41, 5.74) is 2.41. The average Bonchev–Trinajstić information content (AvgIpc) is 3.15. The molecule has 9 nitrogen and oxygen atoms in total. The first kappa shape index (κ1) is 23.3. The molecular weight excluding hydrogens is 412 g/mol. The van der Waals surface area contributed by atoms with Gasteiger partial charge in [0.25, 0.3) is 11.8 Å². The largest absolute Gasteiger partial charge is 0.491 e. The summed E-state index contributed by atoms with van der Waals surface area (Å²) >= 11 is 0. The van der Waals surface area contributed by atoms with Crippen molar-refractivity contribution >= 4 is 17.7 Å². The zero-order valence-corrected chi connectivity index (χ0v) is 18.8. The number of carbonyl (C=O) groups is 3. The minimum absolute atomic E-state index is 0.107. The number of rotatable bonds is 2. The number of aromatic nitrogens is 1. The van der Waals surface area contributed by atoms with Crippen LogP contribution in [0.25, 0.3) is 0 Å². The van der Waals surface area contributed by atoms with E-state index in [1.807, 2.05) is 19.9 Å². The highest BCUT2D eigenvalue weighted by atomic mass is 16.5. The molecule has 1 aromatic carbocycles. The lowest BCUT2D eigenvalue weighted by molar-refractivity contribution is -0.121. The molecule has 0 radical (unpaired) electrons. The molecule has 1 aromatic heterocycles. The Morgan fingerprint density at radius 3 is 2.75 bits per heavy atom. The summed E-state index contributed by atoms with van der Waals surface area (Å²) < 4.78 is 10.9. The van der Waals surface area contributed by atoms with Gasteiger partial charge in [-0.3, -0.25) is 14.4 Å². The van der Waals surface area contributed by atoms with Crippen molar-refractivity contribution in [1.82, 2.24) is 20.7 Å². The molecule has 0 bridgehead atoms. The predicted octanol–water partition coefficient (Wildman–Crippen LogP) is 2.01. The Morgan fingerprint density at radius 2 is 1.97 bits per heavy atom. The minimum atomic E-state index is -0.273. The number of nitrogens with zero attached hydrogens (tertiary/aromatic N) is 2. The summed E-state index contributed by atoms with van der Waals surface area (Å²) in [4.78, 5) is 39.9. The Balaban J connectivity index is 1.81. The minimum Gasteiger partial charge on any atom is -0.491 e. The van der Waals surface area contributed by atoms with E-state index in [0.717, 1.165) is 5.56 Å². The first-order valence-corrected chi connectivity index (χ1v) is 10.9. The lowest BCUT2D eigenvalue weighted by Gasteiger charge is -2.23. The summed E-state index contributed by atoms with van der Waals surface area (Å²) in [6.45, 7) is 7.03. The van der Waals surface area contributed by atoms with Crippen LogP contribution in [-0.2, 0) is 11.2 Å². The molecule has 0 fully saturated rings. The zero-order chi connectivity index (χ0) is 23.1. The molecule has 9 heteroatoms. The first-order valence-electron chi connectivity index (χ1n) is 10.9. The number of ether oxygens (including phenoxy) is 1. The van der Waals surface area contributed by atoms with Gasteiger partial charge in [-0.2, -0.15) is 0 Å². The van der Waals surface area contributed by atoms with Crippen molar-refractivity contribution < 1.29 is 23.6 Å². The summed E-state index contributed by atoms with van der Waals surface area (Å²) in [6.07, 6.45) is 1.36. The molecule has 0 saturated carbocycles. The average molecular weight is 443 g/mol. The van der Waals surface area contributed by atoms with Crippen LogP contribution < -0.4 is 15.4 Å². The maximum atomic E-state index is 13.3. The van der Waals surface area contributed by atoms with Crippen molar-refractivity contribution in [3.63, 3.8) is 0 Å². The molecular formula is C23H30N4O5. The number of hydrogen-bond donors (Lipinski definition) is 2. The number of nitrogens with one attached hydrogen (secondary N) is 2. The van der Waals surface area contributed by atoms with Crippen molar-refractivity contribution in [3.8, 4) is 5.75 Å². The van der Waals surface area contributed by atoms with E-state index in [1.54, 1.807) is 24.0 Å². The third-order valence-corrected chi connectivity index (χ3v) is 5.33. The molecule has 1 aliphatic heterocycles. The quantitative estimate of drug-likeness (QED) is 0.736. The van der Waals surface area contributed by atoms with Gasteiger partial charge in [0.2, 0.25) is 5.91 Å². The van der Waals surface area contributed by atoms with Crippen LogP contribution in [0.15, 0.2) is 22.7 Å². The molecule has 1 aliphatic rings. The number of benzene rings is 1. The number of aryl methyl sites for hydroxylation is 3. The summed E-state index contributed by atoms with van der Waals surface area (Å²) in [6, 6.07) is 5.38. The van der Waals surface area contributed by atoms with Crippen LogP contribution >= 0.6 is 0 Å². The molecule has 2 heterocycles. The Hall–Kier alpha value is -3.36. The molecule has 0 spiro atoms. The molecule has 0 unspecified atom stereocenters. The fraction of sp³-hybridized carbons (Fsp3) is 0.478. The van der Waals surface area contributed by atoms with Crippen molar-refractivity contribution in [2.75, 3.05) is 32.8 Å². The van der Waals surface area contributed by atoms with Gasteiger partial charge in [0.15, 0.2) is 0 Å². The third kappa shape index (κ3) is 5.66. The van der Waals surface area contributed by atoms with E-state index in [1.165, 1.54) is 0 Å². The first-order chi connectivity index (χ1) is 15.4. The number of fused-ring (bicyclic) bond motifs is 1. The van der Waals surface area contributed by atoms with E-state index in [2.05, 4.69) is 15.8 Å². The van der Waals surface area contributed by atoms with Crippen molar-refractivity contribution in [2.24, 2.45) is 0 Å². The van der Waals surface area contributed by atoms with Crippen molar-refractivity contribution in [2.45, 2.75) is 40.0 Å². The third-order valence-electron chi connectivity index (χ3n) is 5.33. The van der Waals surface area contributed by atoms with Crippen LogP contribution in [0.1, 0.15) is 57.5 Å². The summed E-state index contributed by atoms with van der Waals surface area (Å²) in [7, 11) is 0. The molecule has 3 rings (SSSR count). The van der Waals surface area contributed by atoms with Crippen molar-refractivity contribution in [1.29, 1.82) is 0 Å². The lowest BCUT2D eigenvalue weighted by Crippen LogP contribution is -2.40. The normalized spacial score (nSPS) is 16.2. The highest BCUT2D eigenvalue weighted by Gasteiger charge is 2.25. The molecule has 32 heavy (non-hydrogen) atoms. The highest BCUT2D eigenvalue weighted by Crippen LogP contribution is 2.20. The van der Waals surface area contributed by atoms with Gasteiger partial charge in [-0.05, 0) is 38.8 Å². The Morgan fingerprint density at radius 1 is 1.16 bits per heavy atom. The Bertz CT molecular complexity index is 985. The van der Waals surface area contributed by atoms with Crippen LogP contribution in [0.2, 0.25) is 0 Å². The standard InChI is InChI=1S/C23H30N4O5/c1-4-18-21(16(3)32-26-18)23(30)27-11-5-6-20(28)24-10-13-31-19-8-7-15(2)14-17(19)22(29)25-9-12-27/h7-8,14H,4-6,9-13H2,1-3H3,(H,24,28)(H,25,29). The number of carbonyl (C=O) groups excluding carboxylic acids is 3. The second kappa shape index (κ2) is 10.8. The number of amides is 3. The van der Waals surface area contributed by atoms with Crippen molar-refractivity contribution in [3.05, 3.63) is 46.3 Å². The topological polar surface area (TPSA) is 114 Å². The zero-order valence-electron chi connectivity index (χ0n) is 18.8. The smallest absolute Gasteiger partial charge is 0.259 e. The van der Waals surface area contributed by atoms with E-state index in [4.69, 9.17) is 9.26 Å². The van der Waals surface area contributed by atoms with Gasteiger partial charge in [-0.25, -0.2) is 0 Å². The van der Waals surface area contributed by atoms with Gasteiger partial charge in [-0.1, -0.05) is 23.7 Å². The molecule has 0 saturated heterocycles. The molecule has 3 amide bonds. The summed E-state index contributed by atoms with van der Waals surface area (Å²) in [5, 5.41) is 9.67. The van der Waals surface area contributed by atoms with E-state index in [0.29, 0.717) is 60.8 Å². The van der Waals surface area contributed by atoms with E-state index in [9.17, 15) is 14.4 Å². The van der Waals surface area contributed by atoms with Crippen LogP contribution in [0.4, 0.5) is 0 Å². The molecule has 2 N–H and O–H groups in total. The Labute approximate surface area is 187 Å². The Kier molecular flexibility index (Phi) is 7.86. The lowest BCUT2D eigenvalue weighted by atomic mass is 10.1. The molecule has 0 atom stereocenters. The van der Waals surface area contributed by atoms with E-state index < -0.39 is 0 Å². The van der Waals surface area contributed by atoms with E-state index >= 15 is 0 Å². The molecule has 0 aliphatic carbocycles. The summed E-state index contributed by atoms with van der Waals surface area (Å²) in [5.74, 6) is 0.332. The van der Waals surface area contributed by atoms with Gasteiger partial charge >= 0.3 is 0 Å². The van der Waals surface area contributed by atoms with Crippen LogP contribution in [0, 0.1) is 13.8 Å². The molecule has 2 aromatic rings. The SMILES string of the molecule is CCc1noc(C)c1C(=O)N1CCCC(=O)NCCOc2ccc(C)cc2C(=O)NCC1. The van der Waals surface area contributed by atoms with Gasteiger partial charge in [0, 0.05) is 26.1 Å². The maximum Gasteiger partial charge on any atom is 0.259 e. The highest BCUT2D eigenvalue weighted by molar-refractivity contribution is 5.97. The maximum absolute atomic E-state index is 13.3. The molecule has 172 valence electrons. The van der Waals surface area contributed by atoms with Gasteiger partial charge in [0.1, 0.15) is 23.7 Å². The second-order valence-corrected chi connectivity index (χ2v) is 7.76. The van der Waals surface area contributed by atoms with Gasteiger partial charge in [0.05, 0.1) is 17.8 Å².